The quantitative estimate of drug-likeness (QED) is 0.690. The zero-order chi connectivity index (χ0) is 19.1. The van der Waals surface area contributed by atoms with Crippen LogP contribution < -0.4 is 0 Å². The smallest absolute Gasteiger partial charge is 0.290 e. The molecule has 0 saturated carbocycles. The summed E-state index contributed by atoms with van der Waals surface area (Å²) < 4.78 is 7.23. The normalized spacial score (nSPS) is 11.0. The minimum atomic E-state index is -0.257. The van der Waals surface area contributed by atoms with Crippen molar-refractivity contribution in [3.8, 4) is 0 Å². The van der Waals surface area contributed by atoms with E-state index in [0.29, 0.717) is 13.1 Å². The van der Waals surface area contributed by atoms with E-state index in [2.05, 4.69) is 6.92 Å². The van der Waals surface area contributed by atoms with Crippen LogP contribution in [0.2, 0.25) is 0 Å². The van der Waals surface area contributed by atoms with Crippen molar-refractivity contribution in [3.05, 3.63) is 48.2 Å². The zero-order valence-electron chi connectivity index (χ0n) is 16.1. The highest BCUT2D eigenvalue weighted by atomic mass is 16.3. The third-order valence-corrected chi connectivity index (χ3v) is 4.46. The summed E-state index contributed by atoms with van der Waals surface area (Å²) >= 11 is 0. The highest BCUT2D eigenvalue weighted by Gasteiger charge is 2.26. The fraction of sp³-hybridized carbons (Fsp3) is 0.500. The number of amides is 2. The first-order chi connectivity index (χ1) is 12.4. The molecule has 0 unspecified atom stereocenters. The van der Waals surface area contributed by atoms with Gasteiger partial charge in [0.25, 0.3) is 5.91 Å². The Balaban J connectivity index is 2.12. The number of carbonyl (C=O) groups excluding carboxylic acids is 2. The molecule has 142 valence electrons. The van der Waals surface area contributed by atoms with Gasteiger partial charge in [0.15, 0.2) is 5.76 Å². The number of aromatic nitrogens is 1. The van der Waals surface area contributed by atoms with E-state index in [1.807, 2.05) is 48.7 Å². The van der Waals surface area contributed by atoms with E-state index in [1.165, 1.54) is 6.26 Å². The Morgan fingerprint density at radius 1 is 1.23 bits per heavy atom. The van der Waals surface area contributed by atoms with Crippen LogP contribution in [0.25, 0.3) is 0 Å². The molecule has 0 N–H and O–H groups in total. The van der Waals surface area contributed by atoms with Crippen LogP contribution in [0.4, 0.5) is 0 Å². The van der Waals surface area contributed by atoms with Crippen molar-refractivity contribution in [2.75, 3.05) is 13.1 Å². The number of rotatable bonds is 9. The summed E-state index contributed by atoms with van der Waals surface area (Å²) in [6.45, 7) is 7.19. The predicted octanol–water partition coefficient (Wildman–Crippen LogP) is 3.30. The third-order valence-electron chi connectivity index (χ3n) is 4.46. The van der Waals surface area contributed by atoms with Gasteiger partial charge in [-0.1, -0.05) is 13.3 Å². The number of hydrogen-bond donors (Lipinski definition) is 0. The first-order valence-corrected chi connectivity index (χ1v) is 9.16. The summed E-state index contributed by atoms with van der Waals surface area (Å²) in [5.74, 6) is -0.0463. The number of hydrogen-bond acceptors (Lipinski definition) is 3. The average Bonchev–Trinajstić information content (AvgIpc) is 3.27. The van der Waals surface area contributed by atoms with E-state index in [9.17, 15) is 9.59 Å². The molecule has 0 radical (unpaired) electrons. The van der Waals surface area contributed by atoms with Crippen molar-refractivity contribution >= 4 is 11.8 Å². The van der Waals surface area contributed by atoms with E-state index in [1.54, 1.807) is 17.0 Å². The van der Waals surface area contributed by atoms with Gasteiger partial charge in [-0.25, -0.2) is 0 Å². The molecule has 0 aliphatic heterocycles. The Kier molecular flexibility index (Phi) is 7.06. The van der Waals surface area contributed by atoms with Crippen LogP contribution in [-0.4, -0.2) is 45.3 Å². The van der Waals surface area contributed by atoms with Gasteiger partial charge in [0.05, 0.1) is 12.8 Å². The maximum absolute atomic E-state index is 13.0. The Labute approximate surface area is 155 Å². The fourth-order valence-electron chi connectivity index (χ4n) is 2.77. The van der Waals surface area contributed by atoms with E-state index >= 15 is 0 Å². The third kappa shape index (κ3) is 5.00. The number of aryl methyl sites for hydroxylation is 1. The largest absolute Gasteiger partial charge is 0.459 e. The van der Waals surface area contributed by atoms with Crippen molar-refractivity contribution < 1.29 is 14.0 Å². The Bertz CT molecular complexity index is 704. The number of furan rings is 1. The molecule has 2 aromatic heterocycles. The van der Waals surface area contributed by atoms with Gasteiger partial charge < -0.3 is 18.8 Å². The Hall–Kier alpha value is -2.50. The summed E-state index contributed by atoms with van der Waals surface area (Å²) in [6.07, 6.45) is 5.38. The van der Waals surface area contributed by atoms with E-state index in [-0.39, 0.29) is 30.2 Å². The second-order valence-electron chi connectivity index (χ2n) is 6.78. The first kappa shape index (κ1) is 19.8. The van der Waals surface area contributed by atoms with Gasteiger partial charge in [-0.05, 0) is 44.5 Å². The van der Waals surface area contributed by atoms with Gasteiger partial charge in [0, 0.05) is 31.5 Å². The van der Waals surface area contributed by atoms with Gasteiger partial charge in [0.2, 0.25) is 5.91 Å². The van der Waals surface area contributed by atoms with Crippen LogP contribution in [0.5, 0.6) is 0 Å². The van der Waals surface area contributed by atoms with Crippen LogP contribution in [-0.2, 0) is 18.4 Å². The van der Waals surface area contributed by atoms with Crippen molar-refractivity contribution in [1.82, 2.24) is 14.4 Å². The molecular weight excluding hydrogens is 330 g/mol. The highest BCUT2D eigenvalue weighted by molar-refractivity contribution is 5.94. The molecule has 0 aromatic carbocycles. The lowest BCUT2D eigenvalue weighted by molar-refractivity contribution is -0.133. The topological polar surface area (TPSA) is 58.7 Å². The lowest BCUT2D eigenvalue weighted by atomic mass is 10.2. The van der Waals surface area contributed by atoms with Crippen LogP contribution in [0.15, 0.2) is 41.1 Å². The summed E-state index contributed by atoms with van der Waals surface area (Å²) in [5, 5.41) is 0. The van der Waals surface area contributed by atoms with Crippen LogP contribution in [0.3, 0.4) is 0 Å². The van der Waals surface area contributed by atoms with Gasteiger partial charge in [-0.15, -0.1) is 0 Å². The molecule has 2 aromatic rings. The molecule has 0 saturated heterocycles. The Morgan fingerprint density at radius 3 is 2.54 bits per heavy atom. The maximum atomic E-state index is 13.0. The van der Waals surface area contributed by atoms with E-state index < -0.39 is 0 Å². The molecule has 6 heteroatoms. The molecule has 2 rings (SSSR count). The van der Waals surface area contributed by atoms with Crippen molar-refractivity contribution in [2.24, 2.45) is 7.05 Å². The number of carbonyl (C=O) groups is 2. The lowest BCUT2D eigenvalue weighted by Gasteiger charge is -2.29. The molecule has 0 aliphatic rings. The maximum Gasteiger partial charge on any atom is 0.290 e. The summed E-state index contributed by atoms with van der Waals surface area (Å²) in [4.78, 5) is 29.0. The molecule has 0 bridgehead atoms. The first-order valence-electron chi connectivity index (χ1n) is 9.16. The molecule has 2 heterocycles. The number of nitrogens with zero attached hydrogens (tertiary/aromatic N) is 3. The molecule has 26 heavy (non-hydrogen) atoms. The van der Waals surface area contributed by atoms with Gasteiger partial charge in [0.1, 0.15) is 6.54 Å². The van der Waals surface area contributed by atoms with Gasteiger partial charge in [-0.2, -0.15) is 0 Å². The fourth-order valence-corrected chi connectivity index (χ4v) is 2.77. The van der Waals surface area contributed by atoms with Gasteiger partial charge >= 0.3 is 0 Å². The molecule has 0 fully saturated rings. The van der Waals surface area contributed by atoms with Gasteiger partial charge in [-0.3, -0.25) is 9.59 Å². The number of unbranched alkanes of at least 4 members (excludes halogenated alkanes) is 1. The van der Waals surface area contributed by atoms with E-state index in [0.717, 1.165) is 18.5 Å². The highest BCUT2D eigenvalue weighted by Crippen LogP contribution is 2.12. The molecule has 0 atom stereocenters. The summed E-state index contributed by atoms with van der Waals surface area (Å²) in [5.41, 5.74) is 1.07. The molecule has 2 amide bonds. The lowest BCUT2D eigenvalue weighted by Crippen LogP contribution is -2.46. The minimum absolute atomic E-state index is 0.0470. The molecule has 6 nitrogen and oxygen atoms in total. The average molecular weight is 359 g/mol. The SMILES string of the molecule is CCCCN(Cc1cccn1C)C(=O)CN(C(=O)c1ccco1)C(C)C. The van der Waals surface area contributed by atoms with E-state index in [4.69, 9.17) is 4.42 Å². The summed E-state index contributed by atoms with van der Waals surface area (Å²) in [6, 6.07) is 7.19. The van der Waals surface area contributed by atoms with Crippen LogP contribution in [0, 0.1) is 0 Å². The second kappa shape index (κ2) is 9.27. The second-order valence-corrected chi connectivity index (χ2v) is 6.78. The standard InChI is InChI=1S/C20H29N3O3/c1-5-6-12-22(14-17-9-7-11-21(17)4)19(24)15-23(16(2)3)20(25)18-10-8-13-26-18/h7-11,13,16H,5-6,12,14-15H2,1-4H3. The predicted molar refractivity (Wildman–Crippen MR) is 101 cm³/mol. The molecule has 0 aliphatic carbocycles. The van der Waals surface area contributed by atoms with Crippen molar-refractivity contribution in [3.63, 3.8) is 0 Å². The van der Waals surface area contributed by atoms with Crippen LogP contribution >= 0.6 is 0 Å². The summed E-state index contributed by atoms with van der Waals surface area (Å²) in [7, 11) is 1.97. The molecular formula is C20H29N3O3. The Morgan fingerprint density at radius 2 is 2.00 bits per heavy atom. The monoisotopic (exact) mass is 359 g/mol. The van der Waals surface area contributed by atoms with Crippen molar-refractivity contribution in [2.45, 2.75) is 46.2 Å². The zero-order valence-corrected chi connectivity index (χ0v) is 16.1. The van der Waals surface area contributed by atoms with Crippen molar-refractivity contribution in [1.29, 1.82) is 0 Å². The minimum Gasteiger partial charge on any atom is -0.459 e. The van der Waals surface area contributed by atoms with Crippen LogP contribution in [0.1, 0.15) is 49.9 Å². The molecule has 0 spiro atoms.